The molecule has 0 spiro atoms. The van der Waals surface area contributed by atoms with Crippen LogP contribution in [0, 0.1) is 0 Å². The van der Waals surface area contributed by atoms with E-state index >= 15 is 0 Å². The summed E-state index contributed by atoms with van der Waals surface area (Å²) in [5.41, 5.74) is 0.352. The molecule has 1 aliphatic heterocycles. The lowest BCUT2D eigenvalue weighted by Crippen LogP contribution is -2.60. The quantitative estimate of drug-likeness (QED) is 0.370. The number of hydrogen-bond acceptors (Lipinski definition) is 10. The number of aliphatic hydroxyl groups excluding tert-OH is 4. The lowest BCUT2D eigenvalue weighted by molar-refractivity contribution is -0.277. The van der Waals surface area contributed by atoms with Crippen molar-refractivity contribution >= 4 is 11.0 Å². The first-order chi connectivity index (χ1) is 15.3. The van der Waals surface area contributed by atoms with Crippen LogP contribution in [0.25, 0.3) is 22.1 Å². The Kier molecular flexibility index (Phi) is 6.04. The first-order valence-corrected chi connectivity index (χ1v) is 9.74. The third-order valence-electron chi connectivity index (χ3n) is 5.37. The molecule has 2 aromatic carbocycles. The Morgan fingerprint density at radius 3 is 2.38 bits per heavy atom. The average Bonchev–Trinajstić information content (AvgIpc) is 2.81. The number of benzene rings is 2. The van der Waals surface area contributed by atoms with Crippen LogP contribution in [0.3, 0.4) is 0 Å². The molecular weight excluding hydrogens is 424 g/mol. The van der Waals surface area contributed by atoms with Crippen molar-refractivity contribution in [2.24, 2.45) is 0 Å². The van der Waals surface area contributed by atoms with Crippen LogP contribution in [0.1, 0.15) is 0 Å². The van der Waals surface area contributed by atoms with Crippen LogP contribution in [-0.4, -0.2) is 70.0 Å². The van der Waals surface area contributed by atoms with Crippen molar-refractivity contribution in [1.82, 2.24) is 0 Å². The summed E-state index contributed by atoms with van der Waals surface area (Å²) in [6.07, 6.45) is -6.31. The lowest BCUT2D eigenvalue weighted by Gasteiger charge is -2.39. The van der Waals surface area contributed by atoms with Crippen molar-refractivity contribution in [3.63, 3.8) is 0 Å². The Bertz CT molecular complexity index is 1150. The monoisotopic (exact) mass is 446 g/mol. The van der Waals surface area contributed by atoms with Crippen molar-refractivity contribution < 1.29 is 44.2 Å². The van der Waals surface area contributed by atoms with Crippen molar-refractivity contribution in [3.8, 4) is 28.4 Å². The molecular formula is C22H22O10. The third kappa shape index (κ3) is 3.78. The fourth-order valence-corrected chi connectivity index (χ4v) is 3.52. The largest absolute Gasteiger partial charge is 0.502 e. The lowest BCUT2D eigenvalue weighted by atomic mass is 9.99. The highest BCUT2D eigenvalue weighted by molar-refractivity contribution is 5.87. The molecule has 10 heteroatoms. The van der Waals surface area contributed by atoms with E-state index in [4.69, 9.17) is 18.6 Å². The summed E-state index contributed by atoms with van der Waals surface area (Å²) in [6, 6.07) is 9.48. The molecule has 1 fully saturated rings. The summed E-state index contributed by atoms with van der Waals surface area (Å²) in [6.45, 7) is -0.627. The molecule has 1 aromatic heterocycles. The molecule has 5 N–H and O–H groups in total. The minimum atomic E-state index is -1.66. The van der Waals surface area contributed by atoms with Gasteiger partial charge in [-0.05, 0) is 29.8 Å². The highest BCUT2D eigenvalue weighted by Gasteiger charge is 2.45. The molecule has 5 unspecified atom stereocenters. The molecule has 4 rings (SSSR count). The third-order valence-corrected chi connectivity index (χ3v) is 5.37. The average molecular weight is 446 g/mol. The van der Waals surface area contributed by atoms with Gasteiger partial charge in [-0.3, -0.25) is 4.79 Å². The van der Waals surface area contributed by atoms with Crippen LogP contribution in [0.4, 0.5) is 0 Å². The molecule has 1 aliphatic rings. The Balaban J connectivity index is 1.66. The van der Waals surface area contributed by atoms with E-state index in [1.807, 2.05) is 0 Å². The standard InChI is InChI=1S/C22H22O10/c1-29-11-4-2-10(3-5-11)13-9-30-21-12(16(13)24)6-7-14(18(21)26)31-22-20(28)19(27)17(25)15(8-23)32-22/h2-7,9,15,17,19-20,22-23,25-28H,8H2,1H3. The van der Waals surface area contributed by atoms with Gasteiger partial charge in [-0.15, -0.1) is 0 Å². The van der Waals surface area contributed by atoms with E-state index in [0.29, 0.717) is 11.3 Å². The molecule has 0 aliphatic carbocycles. The molecule has 10 nitrogen and oxygen atoms in total. The highest BCUT2D eigenvalue weighted by Crippen LogP contribution is 2.36. The number of rotatable bonds is 5. The van der Waals surface area contributed by atoms with Crippen molar-refractivity contribution in [3.05, 3.63) is 52.9 Å². The second-order valence-electron chi connectivity index (χ2n) is 7.31. The smallest absolute Gasteiger partial charge is 0.229 e. The summed E-state index contributed by atoms with van der Waals surface area (Å²) in [5.74, 6) is -0.0772. The summed E-state index contributed by atoms with van der Waals surface area (Å²) < 4.78 is 21.4. The molecule has 32 heavy (non-hydrogen) atoms. The molecule has 0 radical (unpaired) electrons. The van der Waals surface area contributed by atoms with Crippen LogP contribution >= 0.6 is 0 Å². The molecule has 2 heterocycles. The number of phenolic OH excluding ortho intramolecular Hbond substituents is 1. The van der Waals surface area contributed by atoms with Gasteiger partial charge in [-0.1, -0.05) is 12.1 Å². The van der Waals surface area contributed by atoms with Gasteiger partial charge in [0.15, 0.2) is 11.3 Å². The minimum absolute atomic E-state index is 0.0944. The van der Waals surface area contributed by atoms with Gasteiger partial charge in [0.2, 0.25) is 17.5 Å². The topological polar surface area (TPSA) is 159 Å². The van der Waals surface area contributed by atoms with Gasteiger partial charge < -0.3 is 44.2 Å². The number of fused-ring (bicyclic) bond motifs is 1. The Morgan fingerprint density at radius 1 is 1.00 bits per heavy atom. The molecule has 5 atom stereocenters. The Hall–Kier alpha value is -3.15. The predicted molar refractivity (Wildman–Crippen MR) is 111 cm³/mol. The van der Waals surface area contributed by atoms with E-state index in [9.17, 15) is 30.3 Å². The van der Waals surface area contributed by atoms with E-state index in [1.165, 1.54) is 25.5 Å². The number of methoxy groups -OCH3 is 1. The van der Waals surface area contributed by atoms with E-state index < -0.39 is 43.1 Å². The molecule has 170 valence electrons. The predicted octanol–water partition coefficient (Wildman–Crippen LogP) is 0.353. The summed E-state index contributed by atoms with van der Waals surface area (Å²) in [4.78, 5) is 13.0. The maximum Gasteiger partial charge on any atom is 0.229 e. The van der Waals surface area contributed by atoms with Crippen molar-refractivity contribution in [2.45, 2.75) is 30.7 Å². The second-order valence-corrected chi connectivity index (χ2v) is 7.31. The molecule has 3 aromatic rings. The number of aromatic hydroxyl groups is 1. The van der Waals surface area contributed by atoms with E-state index in [2.05, 4.69) is 0 Å². The van der Waals surface area contributed by atoms with Gasteiger partial charge in [0.05, 0.1) is 24.7 Å². The SMILES string of the molecule is COc1ccc(-c2coc3c(O)c(OC4OC(CO)C(O)C(O)C4O)ccc3c2=O)cc1. The Morgan fingerprint density at radius 2 is 1.72 bits per heavy atom. The fourth-order valence-electron chi connectivity index (χ4n) is 3.52. The first kappa shape index (κ1) is 22.1. The van der Waals surface area contributed by atoms with Gasteiger partial charge in [0.25, 0.3) is 0 Å². The Labute approximate surface area is 181 Å². The maximum atomic E-state index is 13.0. The number of hydrogen-bond donors (Lipinski definition) is 5. The van der Waals surface area contributed by atoms with Crippen LogP contribution in [0.2, 0.25) is 0 Å². The minimum Gasteiger partial charge on any atom is -0.502 e. The summed E-state index contributed by atoms with van der Waals surface area (Å²) in [7, 11) is 1.53. The van der Waals surface area contributed by atoms with E-state index in [-0.39, 0.29) is 27.7 Å². The molecule has 0 bridgehead atoms. The van der Waals surface area contributed by atoms with Crippen molar-refractivity contribution in [1.29, 1.82) is 0 Å². The maximum absolute atomic E-state index is 13.0. The van der Waals surface area contributed by atoms with Crippen LogP contribution in [0.15, 0.2) is 51.9 Å². The zero-order valence-electron chi connectivity index (χ0n) is 16.9. The van der Waals surface area contributed by atoms with E-state index in [0.717, 1.165) is 0 Å². The zero-order chi connectivity index (χ0) is 23.0. The van der Waals surface area contributed by atoms with Crippen LogP contribution in [0.5, 0.6) is 17.2 Å². The number of aliphatic hydroxyl groups is 4. The summed E-state index contributed by atoms with van der Waals surface area (Å²) in [5, 5.41) is 49.8. The number of phenols is 1. The van der Waals surface area contributed by atoms with Crippen molar-refractivity contribution in [2.75, 3.05) is 13.7 Å². The highest BCUT2D eigenvalue weighted by atomic mass is 16.7. The van der Waals surface area contributed by atoms with Gasteiger partial charge >= 0.3 is 0 Å². The molecule has 0 saturated carbocycles. The molecule has 1 saturated heterocycles. The van der Waals surface area contributed by atoms with Gasteiger partial charge in [-0.25, -0.2) is 0 Å². The number of ether oxygens (including phenoxy) is 3. The molecule has 0 amide bonds. The fraction of sp³-hybridized carbons (Fsp3) is 0.318. The van der Waals surface area contributed by atoms with Gasteiger partial charge in [0, 0.05) is 0 Å². The van der Waals surface area contributed by atoms with Gasteiger partial charge in [0.1, 0.15) is 36.4 Å². The van der Waals surface area contributed by atoms with Gasteiger partial charge in [-0.2, -0.15) is 0 Å². The summed E-state index contributed by atoms with van der Waals surface area (Å²) >= 11 is 0. The van der Waals surface area contributed by atoms with E-state index in [1.54, 1.807) is 24.3 Å². The van der Waals surface area contributed by atoms with Crippen LogP contribution < -0.4 is 14.9 Å². The zero-order valence-corrected chi connectivity index (χ0v) is 16.9. The first-order valence-electron chi connectivity index (χ1n) is 9.74. The normalized spacial score (nSPS) is 25.6. The van der Waals surface area contributed by atoms with Crippen LogP contribution in [-0.2, 0) is 4.74 Å². The second kappa shape index (κ2) is 8.77.